The van der Waals surface area contributed by atoms with Crippen LogP contribution in [0.1, 0.15) is 12.0 Å². The van der Waals surface area contributed by atoms with Crippen molar-refractivity contribution in [2.45, 2.75) is 19.1 Å². The number of aliphatic hydroxyl groups is 1. The Hall–Kier alpha value is -3.64. The first-order chi connectivity index (χ1) is 13.5. The van der Waals surface area contributed by atoms with E-state index in [0.29, 0.717) is 5.75 Å². The summed E-state index contributed by atoms with van der Waals surface area (Å²) >= 11 is 0. The van der Waals surface area contributed by atoms with Gasteiger partial charge < -0.3 is 19.3 Å². The first kappa shape index (κ1) is 20.7. The highest BCUT2D eigenvalue weighted by molar-refractivity contribution is 5.32. The van der Waals surface area contributed by atoms with Crippen LogP contribution in [0, 0.1) is 15.5 Å². The standard InChI is InChI=1S/C19H19N3O6/c1-26-19(23)18(21-20)11-17(13-28-16-5-3-2-4-6-16)27-12-14-7-9-15(10-8-14)22(24)25/h2-10,17H,11-13H2,1H3/p+1/b19-18+. The largest absolute Gasteiger partial charge is 0.491 e. The third-order valence-corrected chi connectivity index (χ3v) is 3.79. The summed E-state index contributed by atoms with van der Waals surface area (Å²) in [6, 6.07) is 15.0. The number of nitro groups is 1. The molecule has 1 N–H and O–H groups in total. The number of methoxy groups -OCH3 is 1. The van der Waals surface area contributed by atoms with Crippen LogP contribution < -0.4 is 4.74 Å². The van der Waals surface area contributed by atoms with Crippen LogP contribution in [0.15, 0.2) is 66.2 Å². The molecule has 0 heterocycles. The summed E-state index contributed by atoms with van der Waals surface area (Å²) in [7, 11) is 1.24. The summed E-state index contributed by atoms with van der Waals surface area (Å²) in [5.41, 5.74) is 0.618. The minimum atomic E-state index is -0.585. The monoisotopic (exact) mass is 386 g/mol. The van der Waals surface area contributed by atoms with Crippen molar-refractivity contribution in [2.75, 3.05) is 13.7 Å². The maximum Gasteiger partial charge on any atom is 0.443 e. The maximum absolute atomic E-state index is 10.7. The normalized spacial score (nSPS) is 12.4. The van der Waals surface area contributed by atoms with Crippen molar-refractivity contribution < 1.29 is 24.2 Å². The molecular weight excluding hydrogens is 366 g/mol. The van der Waals surface area contributed by atoms with E-state index in [2.05, 4.69) is 9.71 Å². The maximum atomic E-state index is 10.7. The number of hydrogen-bond donors (Lipinski definition) is 1. The summed E-state index contributed by atoms with van der Waals surface area (Å²) in [6.07, 6.45) is -0.561. The Morgan fingerprint density at radius 3 is 2.46 bits per heavy atom. The van der Waals surface area contributed by atoms with Crippen molar-refractivity contribution in [3.05, 3.63) is 86.9 Å². The summed E-state index contributed by atoms with van der Waals surface area (Å²) < 4.78 is 16.2. The number of nitrogens with zero attached hydrogens (tertiary/aromatic N) is 3. The van der Waals surface area contributed by atoms with E-state index in [-0.39, 0.29) is 31.0 Å². The van der Waals surface area contributed by atoms with Gasteiger partial charge in [-0.1, -0.05) is 18.2 Å². The Balaban J connectivity index is 2.06. The molecule has 28 heavy (non-hydrogen) atoms. The van der Waals surface area contributed by atoms with Crippen molar-refractivity contribution in [3.8, 4) is 5.75 Å². The molecule has 2 rings (SSSR count). The van der Waals surface area contributed by atoms with Crippen LogP contribution in [0.3, 0.4) is 0 Å². The van der Waals surface area contributed by atoms with Gasteiger partial charge in [0.05, 0.1) is 25.1 Å². The van der Waals surface area contributed by atoms with Gasteiger partial charge in [0.25, 0.3) is 5.69 Å². The van der Waals surface area contributed by atoms with Gasteiger partial charge >= 0.3 is 11.6 Å². The first-order valence-electron chi connectivity index (χ1n) is 8.37. The van der Waals surface area contributed by atoms with E-state index >= 15 is 0 Å². The average molecular weight is 386 g/mol. The van der Waals surface area contributed by atoms with E-state index in [1.807, 2.05) is 18.2 Å². The van der Waals surface area contributed by atoms with Gasteiger partial charge in [-0.25, -0.2) is 0 Å². The molecule has 0 amide bonds. The molecule has 0 aliphatic carbocycles. The van der Waals surface area contributed by atoms with Crippen molar-refractivity contribution in [2.24, 2.45) is 0 Å². The van der Waals surface area contributed by atoms with Gasteiger partial charge in [0.1, 0.15) is 18.5 Å². The third-order valence-electron chi connectivity index (χ3n) is 3.79. The van der Waals surface area contributed by atoms with Gasteiger partial charge in [-0.15, -0.1) is 0 Å². The van der Waals surface area contributed by atoms with Crippen LogP contribution in [-0.4, -0.2) is 29.9 Å². The fraction of sp³-hybridized carbons (Fsp3) is 0.263. The molecular formula is C19H20N3O6+. The highest BCUT2D eigenvalue weighted by atomic mass is 16.6. The lowest BCUT2D eigenvalue weighted by molar-refractivity contribution is -0.384. The molecule has 0 saturated carbocycles. The molecule has 1 atom stereocenters. The van der Waals surface area contributed by atoms with E-state index in [9.17, 15) is 15.2 Å². The molecule has 0 fully saturated rings. The number of benzene rings is 2. The average Bonchev–Trinajstić information content (AvgIpc) is 2.73. The third kappa shape index (κ3) is 6.26. The predicted octanol–water partition coefficient (Wildman–Crippen LogP) is 4.18. The smallest absolute Gasteiger partial charge is 0.443 e. The minimum absolute atomic E-state index is 0.0120. The number of nitro benzene ring substituents is 1. The Bertz CT molecular complexity index is 846. The zero-order chi connectivity index (χ0) is 20.4. The number of aliphatic hydroxyl groups excluding tert-OH is 1. The molecule has 0 aliphatic rings. The second kappa shape index (κ2) is 10.5. The predicted molar refractivity (Wildman–Crippen MR) is 100.0 cm³/mol. The molecule has 0 aliphatic heterocycles. The van der Waals surface area contributed by atoms with Gasteiger partial charge in [0, 0.05) is 12.1 Å². The Kier molecular flexibility index (Phi) is 7.75. The summed E-state index contributed by atoms with van der Waals surface area (Å²) in [5.74, 6) is 0.111. The van der Waals surface area contributed by atoms with Crippen molar-refractivity contribution >= 4 is 5.69 Å². The van der Waals surface area contributed by atoms with E-state index in [1.165, 1.54) is 19.2 Å². The Morgan fingerprint density at radius 2 is 1.89 bits per heavy atom. The highest BCUT2D eigenvalue weighted by Crippen LogP contribution is 2.19. The molecule has 0 radical (unpaired) electrons. The number of rotatable bonds is 10. The lowest BCUT2D eigenvalue weighted by Crippen LogP contribution is -2.22. The zero-order valence-electron chi connectivity index (χ0n) is 15.2. The van der Waals surface area contributed by atoms with E-state index < -0.39 is 17.0 Å². The van der Waals surface area contributed by atoms with Crippen LogP contribution in [0.5, 0.6) is 5.75 Å². The quantitative estimate of drug-likeness (QED) is 0.281. The van der Waals surface area contributed by atoms with Crippen molar-refractivity contribution in [3.63, 3.8) is 0 Å². The van der Waals surface area contributed by atoms with Gasteiger partial charge in [-0.3, -0.25) is 10.1 Å². The summed E-state index contributed by atoms with van der Waals surface area (Å²) in [4.78, 5) is 13.3. The number of ether oxygens (including phenoxy) is 3. The topological polar surface area (TPSA) is 119 Å². The van der Waals surface area contributed by atoms with Crippen LogP contribution >= 0.6 is 0 Å². The lowest BCUT2D eigenvalue weighted by atomic mass is 10.2. The molecule has 2 aromatic carbocycles. The number of non-ortho nitro benzene ring substituents is 1. The van der Waals surface area contributed by atoms with Gasteiger partial charge in [-0.05, 0) is 29.8 Å². The van der Waals surface area contributed by atoms with Crippen molar-refractivity contribution in [1.29, 1.82) is 5.39 Å². The van der Waals surface area contributed by atoms with E-state index in [4.69, 9.17) is 14.9 Å². The molecule has 9 heteroatoms. The number of para-hydroxylation sites is 1. The molecule has 0 aromatic heterocycles. The SMILES string of the molecule is CO/C(O)=C(\CC(COc1ccccc1)OCc1ccc([N+](=O)[O-])cc1)[N+]#N. The second-order valence-electron chi connectivity index (χ2n) is 5.74. The minimum Gasteiger partial charge on any atom is -0.491 e. The fourth-order valence-electron chi connectivity index (χ4n) is 2.30. The van der Waals surface area contributed by atoms with Crippen LogP contribution in [0.25, 0.3) is 4.98 Å². The van der Waals surface area contributed by atoms with Crippen LogP contribution in [0.4, 0.5) is 5.69 Å². The molecule has 0 bridgehead atoms. The molecule has 0 saturated heterocycles. The number of diazo groups is 1. The zero-order valence-corrected chi connectivity index (χ0v) is 15.2. The molecule has 2 aromatic rings. The molecule has 0 spiro atoms. The van der Waals surface area contributed by atoms with Gasteiger partial charge in [0.15, 0.2) is 4.98 Å². The Morgan fingerprint density at radius 1 is 1.21 bits per heavy atom. The molecule has 9 nitrogen and oxygen atoms in total. The van der Waals surface area contributed by atoms with Gasteiger partial charge in [0.2, 0.25) is 5.39 Å². The summed E-state index contributed by atoms with van der Waals surface area (Å²) in [6.45, 7) is 0.264. The van der Waals surface area contributed by atoms with E-state index in [0.717, 1.165) is 5.56 Å². The highest BCUT2D eigenvalue weighted by Gasteiger charge is 2.27. The second-order valence-corrected chi connectivity index (χ2v) is 5.74. The first-order valence-corrected chi connectivity index (χ1v) is 8.37. The van der Waals surface area contributed by atoms with Crippen LogP contribution in [0.2, 0.25) is 0 Å². The number of hydrogen-bond acceptors (Lipinski definition) is 7. The van der Waals surface area contributed by atoms with Gasteiger partial charge in [-0.2, -0.15) is 0 Å². The lowest BCUT2D eigenvalue weighted by Gasteiger charge is -2.16. The van der Waals surface area contributed by atoms with E-state index in [1.54, 1.807) is 24.3 Å². The molecule has 146 valence electrons. The van der Waals surface area contributed by atoms with Crippen LogP contribution in [-0.2, 0) is 16.1 Å². The molecule has 1 unspecified atom stereocenters. The summed E-state index contributed by atoms with van der Waals surface area (Å²) in [5, 5.41) is 29.5. The fourth-order valence-corrected chi connectivity index (χ4v) is 2.30. The Labute approximate surface area is 161 Å². The van der Waals surface area contributed by atoms with Crippen molar-refractivity contribution in [1.82, 2.24) is 0 Å².